The van der Waals surface area contributed by atoms with Crippen molar-refractivity contribution in [3.63, 3.8) is 0 Å². The molecule has 0 radical (unpaired) electrons. The van der Waals surface area contributed by atoms with Crippen LogP contribution in [-0.2, 0) is 4.79 Å². The molecular weight excluding hydrogens is 152 g/mol. The van der Waals surface area contributed by atoms with Gasteiger partial charge in [-0.15, -0.1) is 0 Å². The normalized spacial score (nSPS) is 15.0. The maximum Gasteiger partial charge on any atom is 0.303 e. The van der Waals surface area contributed by atoms with Crippen molar-refractivity contribution in [3.8, 4) is 0 Å². The van der Waals surface area contributed by atoms with E-state index in [1.165, 1.54) is 0 Å². The number of carbonyl (C=O) groups is 1. The maximum atomic E-state index is 10.5. The Morgan fingerprint density at radius 2 is 2.00 bits per heavy atom. The lowest BCUT2D eigenvalue weighted by Crippen LogP contribution is -2.21. The summed E-state index contributed by atoms with van der Waals surface area (Å²) in [6, 6.07) is 0. The standard InChI is InChI=1S/C10H18O2/c1-5-6-8(7-9(11)12)10(2,3)4/h5-6,8H,7H2,1-4H3,(H,11,12)/b6-5+/t8-/m1/s1. The highest BCUT2D eigenvalue weighted by Crippen LogP contribution is 2.29. The highest BCUT2D eigenvalue weighted by Gasteiger charge is 2.23. The summed E-state index contributed by atoms with van der Waals surface area (Å²) in [6.07, 6.45) is 4.10. The summed E-state index contributed by atoms with van der Waals surface area (Å²) in [5, 5.41) is 8.64. The van der Waals surface area contributed by atoms with Gasteiger partial charge in [-0.25, -0.2) is 0 Å². The Hall–Kier alpha value is -0.790. The van der Waals surface area contributed by atoms with Gasteiger partial charge in [-0.2, -0.15) is 0 Å². The zero-order chi connectivity index (χ0) is 9.78. The molecule has 0 amide bonds. The van der Waals surface area contributed by atoms with Crippen LogP contribution in [0.2, 0.25) is 0 Å². The largest absolute Gasteiger partial charge is 0.481 e. The Balaban J connectivity index is 4.34. The number of carboxylic acid groups (broad SMARTS) is 1. The third kappa shape index (κ3) is 4.16. The molecule has 2 heteroatoms. The summed E-state index contributed by atoms with van der Waals surface area (Å²) >= 11 is 0. The molecule has 0 saturated heterocycles. The van der Waals surface area contributed by atoms with Crippen LogP contribution in [0.1, 0.15) is 34.1 Å². The quantitative estimate of drug-likeness (QED) is 0.661. The van der Waals surface area contributed by atoms with Crippen LogP contribution in [0.5, 0.6) is 0 Å². The van der Waals surface area contributed by atoms with Crippen molar-refractivity contribution >= 4 is 5.97 Å². The first-order valence-electron chi connectivity index (χ1n) is 4.22. The van der Waals surface area contributed by atoms with Gasteiger partial charge in [0.25, 0.3) is 0 Å². The van der Waals surface area contributed by atoms with Crippen molar-refractivity contribution in [2.75, 3.05) is 0 Å². The molecule has 2 nitrogen and oxygen atoms in total. The molecule has 0 spiro atoms. The highest BCUT2D eigenvalue weighted by atomic mass is 16.4. The Labute approximate surface area is 74.3 Å². The zero-order valence-electron chi connectivity index (χ0n) is 8.29. The van der Waals surface area contributed by atoms with Crippen LogP contribution in [-0.4, -0.2) is 11.1 Å². The smallest absolute Gasteiger partial charge is 0.303 e. The minimum Gasteiger partial charge on any atom is -0.481 e. The predicted molar refractivity (Wildman–Crippen MR) is 50.0 cm³/mol. The SMILES string of the molecule is C/C=C/[C@H](CC(=O)O)C(C)(C)C. The second-order valence-electron chi connectivity index (χ2n) is 4.10. The molecule has 0 rings (SSSR count). The molecule has 0 fully saturated rings. The molecule has 0 bridgehead atoms. The van der Waals surface area contributed by atoms with Gasteiger partial charge in [-0.1, -0.05) is 32.9 Å². The first-order valence-corrected chi connectivity index (χ1v) is 4.22. The lowest BCUT2D eigenvalue weighted by atomic mass is 9.78. The van der Waals surface area contributed by atoms with E-state index < -0.39 is 5.97 Å². The number of rotatable bonds is 3. The second kappa shape index (κ2) is 4.29. The molecule has 1 N–H and O–H groups in total. The van der Waals surface area contributed by atoms with Crippen LogP contribution in [0, 0.1) is 11.3 Å². The monoisotopic (exact) mass is 170 g/mol. The van der Waals surface area contributed by atoms with Gasteiger partial charge >= 0.3 is 5.97 Å². The molecule has 1 atom stereocenters. The Morgan fingerprint density at radius 1 is 1.50 bits per heavy atom. The molecule has 12 heavy (non-hydrogen) atoms. The third-order valence-electron chi connectivity index (χ3n) is 1.93. The Morgan fingerprint density at radius 3 is 2.25 bits per heavy atom. The average Bonchev–Trinajstić information content (AvgIpc) is 1.83. The zero-order valence-corrected chi connectivity index (χ0v) is 8.29. The summed E-state index contributed by atoms with van der Waals surface area (Å²) in [6.45, 7) is 8.09. The molecule has 0 aromatic heterocycles. The van der Waals surface area contributed by atoms with Gasteiger partial charge in [0, 0.05) is 0 Å². The molecule has 0 aromatic carbocycles. The number of allylic oxidation sites excluding steroid dienone is 2. The van der Waals surface area contributed by atoms with E-state index in [0.29, 0.717) is 0 Å². The summed E-state index contributed by atoms with van der Waals surface area (Å²) in [7, 11) is 0. The number of hydrogen-bond donors (Lipinski definition) is 1. The Kier molecular flexibility index (Phi) is 4.01. The van der Waals surface area contributed by atoms with E-state index >= 15 is 0 Å². The molecule has 0 aromatic rings. The van der Waals surface area contributed by atoms with E-state index in [0.717, 1.165) is 0 Å². The van der Waals surface area contributed by atoms with Crippen molar-refractivity contribution in [2.45, 2.75) is 34.1 Å². The van der Waals surface area contributed by atoms with Crippen molar-refractivity contribution in [1.29, 1.82) is 0 Å². The third-order valence-corrected chi connectivity index (χ3v) is 1.93. The van der Waals surface area contributed by atoms with Crippen LogP contribution in [0.15, 0.2) is 12.2 Å². The van der Waals surface area contributed by atoms with E-state index in [2.05, 4.69) is 20.8 Å². The van der Waals surface area contributed by atoms with Gasteiger partial charge in [-0.05, 0) is 18.3 Å². The minimum atomic E-state index is -0.729. The van der Waals surface area contributed by atoms with Crippen LogP contribution in [0.4, 0.5) is 0 Å². The fraction of sp³-hybridized carbons (Fsp3) is 0.700. The second-order valence-corrected chi connectivity index (χ2v) is 4.10. The lowest BCUT2D eigenvalue weighted by Gasteiger charge is -2.26. The fourth-order valence-electron chi connectivity index (χ4n) is 1.08. The van der Waals surface area contributed by atoms with Crippen molar-refractivity contribution in [3.05, 3.63) is 12.2 Å². The first kappa shape index (κ1) is 11.2. The summed E-state index contributed by atoms with van der Waals surface area (Å²) in [5.41, 5.74) is 0.0326. The molecular formula is C10H18O2. The van der Waals surface area contributed by atoms with Crippen LogP contribution in [0.25, 0.3) is 0 Å². The summed E-state index contributed by atoms with van der Waals surface area (Å²) in [5.74, 6) is -0.604. The molecule has 0 saturated carbocycles. The minimum absolute atomic E-state index is 0.0326. The van der Waals surface area contributed by atoms with E-state index in [-0.39, 0.29) is 17.8 Å². The summed E-state index contributed by atoms with van der Waals surface area (Å²) < 4.78 is 0. The average molecular weight is 170 g/mol. The van der Waals surface area contributed by atoms with Gasteiger partial charge in [0.2, 0.25) is 0 Å². The van der Waals surface area contributed by atoms with Gasteiger partial charge in [-0.3, -0.25) is 4.79 Å². The van der Waals surface area contributed by atoms with Crippen LogP contribution >= 0.6 is 0 Å². The van der Waals surface area contributed by atoms with Gasteiger partial charge in [0.15, 0.2) is 0 Å². The Bertz CT molecular complexity index is 175. The van der Waals surface area contributed by atoms with E-state index in [9.17, 15) is 4.79 Å². The molecule has 0 aliphatic rings. The number of carboxylic acids is 1. The van der Waals surface area contributed by atoms with Crippen LogP contribution < -0.4 is 0 Å². The first-order chi connectivity index (χ1) is 5.38. The summed E-state index contributed by atoms with van der Waals surface area (Å²) in [4.78, 5) is 10.5. The van der Waals surface area contributed by atoms with Gasteiger partial charge < -0.3 is 5.11 Å². The molecule has 0 aliphatic carbocycles. The molecule has 0 unspecified atom stereocenters. The van der Waals surface area contributed by atoms with Crippen molar-refractivity contribution in [2.24, 2.45) is 11.3 Å². The number of aliphatic carboxylic acids is 1. The van der Waals surface area contributed by atoms with Crippen molar-refractivity contribution < 1.29 is 9.90 Å². The fourth-order valence-corrected chi connectivity index (χ4v) is 1.08. The van der Waals surface area contributed by atoms with Crippen LogP contribution in [0.3, 0.4) is 0 Å². The maximum absolute atomic E-state index is 10.5. The van der Waals surface area contributed by atoms with E-state index in [4.69, 9.17) is 5.11 Å². The van der Waals surface area contributed by atoms with Gasteiger partial charge in [0.1, 0.15) is 0 Å². The molecule has 0 heterocycles. The lowest BCUT2D eigenvalue weighted by molar-refractivity contribution is -0.138. The topological polar surface area (TPSA) is 37.3 Å². The highest BCUT2D eigenvalue weighted by molar-refractivity contribution is 5.67. The molecule has 0 aliphatic heterocycles. The molecule has 70 valence electrons. The number of hydrogen-bond acceptors (Lipinski definition) is 1. The van der Waals surface area contributed by atoms with E-state index in [1.54, 1.807) is 0 Å². The van der Waals surface area contributed by atoms with Crippen molar-refractivity contribution in [1.82, 2.24) is 0 Å². The predicted octanol–water partition coefficient (Wildman–Crippen LogP) is 2.70. The van der Waals surface area contributed by atoms with E-state index in [1.807, 2.05) is 19.1 Å². The van der Waals surface area contributed by atoms with Gasteiger partial charge in [0.05, 0.1) is 6.42 Å².